The molecule has 1 fully saturated rings. The second-order valence-electron chi connectivity index (χ2n) is 3.45. The lowest BCUT2D eigenvalue weighted by Gasteiger charge is -2.39. The molecule has 0 radical (unpaired) electrons. The fourth-order valence-electron chi connectivity index (χ4n) is 1.99. The zero-order valence-electron chi connectivity index (χ0n) is 6.96. The van der Waals surface area contributed by atoms with E-state index in [1.54, 1.807) is 11.3 Å². The van der Waals surface area contributed by atoms with Crippen LogP contribution in [0.5, 0.6) is 0 Å². The molecule has 3 heterocycles. The maximum Gasteiger partial charge on any atom is 0.100 e. The number of hydrogen-bond acceptors (Lipinski definition) is 4. The second kappa shape index (κ2) is 2.50. The molecular weight excluding hydrogens is 200 g/mol. The van der Waals surface area contributed by atoms with Crippen LogP contribution in [0.25, 0.3) is 0 Å². The minimum Gasteiger partial charge on any atom is -0.313 e. The van der Waals surface area contributed by atoms with Crippen molar-refractivity contribution in [1.82, 2.24) is 5.32 Å². The summed E-state index contributed by atoms with van der Waals surface area (Å²) in [5, 5.41) is 14.3. The molecule has 1 aromatic rings. The molecule has 3 rings (SSSR count). The number of nitriles is 1. The molecule has 2 aliphatic rings. The topological polar surface area (TPSA) is 35.8 Å². The minimum absolute atomic E-state index is 0.264. The van der Waals surface area contributed by atoms with Crippen LogP contribution in [-0.2, 0) is 10.5 Å². The highest BCUT2D eigenvalue weighted by molar-refractivity contribution is 8.00. The molecule has 0 unspecified atom stereocenters. The van der Waals surface area contributed by atoms with E-state index in [1.807, 2.05) is 17.1 Å². The van der Waals surface area contributed by atoms with E-state index < -0.39 is 0 Å². The molecule has 1 N–H and O–H groups in total. The van der Waals surface area contributed by atoms with Crippen LogP contribution in [0.15, 0.2) is 5.38 Å². The molecule has 13 heavy (non-hydrogen) atoms. The van der Waals surface area contributed by atoms with Crippen molar-refractivity contribution in [1.29, 1.82) is 5.26 Å². The van der Waals surface area contributed by atoms with Crippen molar-refractivity contribution < 1.29 is 0 Å². The SMILES string of the molecule is N#Cc1csc2c1C1(CNC1)SC2. The predicted molar refractivity (Wildman–Crippen MR) is 54.9 cm³/mol. The van der Waals surface area contributed by atoms with Gasteiger partial charge in [0.15, 0.2) is 0 Å². The van der Waals surface area contributed by atoms with Gasteiger partial charge in [-0.2, -0.15) is 5.26 Å². The fourth-order valence-corrected chi connectivity index (χ4v) is 4.70. The third-order valence-electron chi connectivity index (χ3n) is 2.74. The summed E-state index contributed by atoms with van der Waals surface area (Å²) >= 11 is 3.74. The van der Waals surface area contributed by atoms with Gasteiger partial charge in [-0.1, -0.05) is 0 Å². The normalized spacial score (nSPS) is 22.4. The molecule has 1 saturated heterocycles. The average Bonchev–Trinajstić information content (AvgIpc) is 2.58. The van der Waals surface area contributed by atoms with E-state index in [4.69, 9.17) is 5.26 Å². The van der Waals surface area contributed by atoms with Crippen LogP contribution in [0.2, 0.25) is 0 Å². The van der Waals surface area contributed by atoms with Crippen molar-refractivity contribution in [3.63, 3.8) is 0 Å². The molecule has 0 aliphatic carbocycles. The van der Waals surface area contributed by atoms with Crippen LogP contribution in [0, 0.1) is 11.3 Å². The van der Waals surface area contributed by atoms with Gasteiger partial charge in [-0.3, -0.25) is 0 Å². The smallest absolute Gasteiger partial charge is 0.100 e. The van der Waals surface area contributed by atoms with Crippen LogP contribution >= 0.6 is 23.1 Å². The summed E-state index contributed by atoms with van der Waals surface area (Å²) in [5.74, 6) is 1.10. The zero-order valence-corrected chi connectivity index (χ0v) is 8.60. The molecule has 1 aromatic heterocycles. The molecule has 2 nitrogen and oxygen atoms in total. The first-order valence-corrected chi connectivity index (χ1v) is 6.08. The van der Waals surface area contributed by atoms with Crippen LogP contribution in [0.1, 0.15) is 16.0 Å². The monoisotopic (exact) mass is 208 g/mol. The molecule has 0 saturated carbocycles. The Bertz CT molecular complexity index is 398. The molecule has 2 aliphatic heterocycles. The van der Waals surface area contributed by atoms with Crippen LogP contribution in [0.4, 0.5) is 0 Å². The van der Waals surface area contributed by atoms with Gasteiger partial charge in [-0.05, 0) is 0 Å². The van der Waals surface area contributed by atoms with Gasteiger partial charge in [0.25, 0.3) is 0 Å². The van der Waals surface area contributed by atoms with Crippen LogP contribution < -0.4 is 5.32 Å². The lowest BCUT2D eigenvalue weighted by molar-refractivity contribution is 0.408. The molecular formula is C9H8N2S2. The van der Waals surface area contributed by atoms with Gasteiger partial charge in [0.2, 0.25) is 0 Å². The molecule has 0 aromatic carbocycles. The van der Waals surface area contributed by atoms with E-state index >= 15 is 0 Å². The summed E-state index contributed by atoms with van der Waals surface area (Å²) in [7, 11) is 0. The van der Waals surface area contributed by atoms with Crippen LogP contribution in [0.3, 0.4) is 0 Å². The van der Waals surface area contributed by atoms with E-state index in [9.17, 15) is 0 Å². The number of fused-ring (bicyclic) bond motifs is 2. The summed E-state index contributed by atoms with van der Waals surface area (Å²) in [6.45, 7) is 2.08. The Morgan fingerprint density at radius 1 is 1.54 bits per heavy atom. The molecule has 0 bridgehead atoms. The highest BCUT2D eigenvalue weighted by Gasteiger charge is 2.47. The van der Waals surface area contributed by atoms with E-state index in [0.29, 0.717) is 0 Å². The number of thioether (sulfide) groups is 1. The predicted octanol–water partition coefficient (Wildman–Crippen LogP) is 1.67. The Morgan fingerprint density at radius 3 is 3.00 bits per heavy atom. The van der Waals surface area contributed by atoms with Gasteiger partial charge in [0.1, 0.15) is 6.07 Å². The molecule has 1 spiro atoms. The Balaban J connectivity index is 2.18. The second-order valence-corrected chi connectivity index (χ2v) is 5.77. The summed E-state index contributed by atoms with van der Waals surface area (Å²) in [6, 6.07) is 2.30. The van der Waals surface area contributed by atoms with Crippen molar-refractivity contribution in [2.45, 2.75) is 10.5 Å². The van der Waals surface area contributed by atoms with Gasteiger partial charge < -0.3 is 5.32 Å². The lowest BCUT2D eigenvalue weighted by atomic mass is 9.90. The number of nitrogens with zero attached hydrogens (tertiary/aromatic N) is 1. The highest BCUT2D eigenvalue weighted by Crippen LogP contribution is 2.52. The van der Waals surface area contributed by atoms with Gasteiger partial charge in [-0.25, -0.2) is 0 Å². The average molecular weight is 208 g/mol. The fraction of sp³-hybridized carbons (Fsp3) is 0.444. The van der Waals surface area contributed by atoms with Gasteiger partial charge in [0, 0.05) is 34.7 Å². The van der Waals surface area contributed by atoms with E-state index in [1.165, 1.54) is 10.4 Å². The van der Waals surface area contributed by atoms with Gasteiger partial charge >= 0.3 is 0 Å². The molecule has 0 amide bonds. The maximum absolute atomic E-state index is 8.97. The molecule has 4 heteroatoms. The van der Waals surface area contributed by atoms with Crippen molar-refractivity contribution in [3.8, 4) is 6.07 Å². The first kappa shape index (κ1) is 7.86. The maximum atomic E-state index is 8.97. The third-order valence-corrected chi connectivity index (χ3v) is 5.39. The summed E-state index contributed by atoms with van der Waals surface area (Å²) in [6.07, 6.45) is 0. The Hall–Kier alpha value is -0.500. The van der Waals surface area contributed by atoms with Crippen molar-refractivity contribution >= 4 is 23.1 Å². The molecule has 0 atom stereocenters. The Labute approximate surface area is 85.0 Å². The van der Waals surface area contributed by atoms with Crippen molar-refractivity contribution in [2.24, 2.45) is 0 Å². The summed E-state index contributed by atoms with van der Waals surface area (Å²) in [5.41, 5.74) is 2.25. The zero-order chi connectivity index (χ0) is 8.89. The summed E-state index contributed by atoms with van der Waals surface area (Å²) in [4.78, 5) is 1.42. The first-order valence-electron chi connectivity index (χ1n) is 4.21. The number of rotatable bonds is 0. The quantitative estimate of drug-likeness (QED) is 0.704. The number of hydrogen-bond donors (Lipinski definition) is 1. The van der Waals surface area contributed by atoms with Crippen LogP contribution in [-0.4, -0.2) is 13.1 Å². The summed E-state index contributed by atoms with van der Waals surface area (Å²) < 4.78 is 0.264. The standard InChI is InChI=1S/C9H8N2S2/c10-1-6-2-12-7-3-13-9(8(6)7)4-11-5-9/h2,11H,3-5H2. The highest BCUT2D eigenvalue weighted by atomic mass is 32.2. The largest absolute Gasteiger partial charge is 0.313 e. The third kappa shape index (κ3) is 0.872. The number of nitrogens with one attached hydrogen (secondary N) is 1. The van der Waals surface area contributed by atoms with Crippen molar-refractivity contribution in [3.05, 3.63) is 21.4 Å². The molecule has 66 valence electrons. The van der Waals surface area contributed by atoms with Gasteiger partial charge in [0.05, 0.1) is 10.3 Å². The first-order chi connectivity index (χ1) is 6.36. The van der Waals surface area contributed by atoms with E-state index in [-0.39, 0.29) is 4.75 Å². The lowest BCUT2D eigenvalue weighted by Crippen LogP contribution is -2.53. The van der Waals surface area contributed by atoms with Crippen molar-refractivity contribution in [2.75, 3.05) is 13.1 Å². The van der Waals surface area contributed by atoms with E-state index in [2.05, 4.69) is 11.4 Å². The van der Waals surface area contributed by atoms with Gasteiger partial charge in [-0.15, -0.1) is 23.1 Å². The number of thiophene rings is 1. The minimum atomic E-state index is 0.264. The Morgan fingerprint density at radius 2 is 2.38 bits per heavy atom. The Kier molecular flexibility index (Phi) is 1.51. The van der Waals surface area contributed by atoms with E-state index in [0.717, 1.165) is 24.4 Å².